The summed E-state index contributed by atoms with van der Waals surface area (Å²) >= 11 is 0. The fourth-order valence-electron chi connectivity index (χ4n) is 3.53. The second kappa shape index (κ2) is 11.5. The molecular formula is C24H28F6N2O2. The quantitative estimate of drug-likeness (QED) is 0.382. The van der Waals surface area contributed by atoms with Crippen molar-refractivity contribution in [2.75, 3.05) is 18.0 Å². The van der Waals surface area contributed by atoms with Gasteiger partial charge in [0.05, 0.1) is 11.1 Å². The Morgan fingerprint density at radius 2 is 1.47 bits per heavy atom. The molecule has 10 heteroatoms. The van der Waals surface area contributed by atoms with Crippen LogP contribution in [0, 0.1) is 6.92 Å². The van der Waals surface area contributed by atoms with E-state index in [4.69, 9.17) is 4.74 Å². The molecule has 0 aliphatic rings. The molecular weight excluding hydrogens is 462 g/mol. The summed E-state index contributed by atoms with van der Waals surface area (Å²) < 4.78 is 82.9. The maximum absolute atomic E-state index is 13.0. The molecule has 0 aliphatic carbocycles. The number of alkyl halides is 6. The van der Waals surface area contributed by atoms with E-state index in [1.54, 1.807) is 0 Å². The van der Waals surface area contributed by atoms with Crippen molar-refractivity contribution < 1.29 is 35.9 Å². The molecule has 0 spiro atoms. The van der Waals surface area contributed by atoms with Gasteiger partial charge in [-0.25, -0.2) is 4.79 Å². The van der Waals surface area contributed by atoms with Gasteiger partial charge in [0.15, 0.2) is 0 Å². The van der Waals surface area contributed by atoms with E-state index >= 15 is 0 Å². The van der Waals surface area contributed by atoms with Crippen molar-refractivity contribution in [2.24, 2.45) is 0 Å². The first-order valence-corrected chi connectivity index (χ1v) is 10.9. The van der Waals surface area contributed by atoms with Gasteiger partial charge in [-0.1, -0.05) is 31.5 Å². The Morgan fingerprint density at radius 3 is 1.97 bits per heavy atom. The molecule has 188 valence electrons. The van der Waals surface area contributed by atoms with E-state index in [-0.39, 0.29) is 12.6 Å². The van der Waals surface area contributed by atoms with E-state index in [0.717, 1.165) is 42.7 Å². The lowest BCUT2D eigenvalue weighted by Crippen LogP contribution is -2.29. The first kappa shape index (κ1) is 27.3. The zero-order valence-electron chi connectivity index (χ0n) is 19.2. The number of nitrogens with one attached hydrogen (secondary N) is 1. The molecule has 0 fully saturated rings. The Kier molecular flexibility index (Phi) is 9.23. The lowest BCUT2D eigenvalue weighted by Gasteiger charge is -2.27. The lowest BCUT2D eigenvalue weighted by molar-refractivity contribution is -0.143. The van der Waals surface area contributed by atoms with Crippen LogP contribution < -0.4 is 10.2 Å². The number of carbonyl (C=O) groups is 1. The molecule has 2 rings (SSSR count). The van der Waals surface area contributed by atoms with Crippen molar-refractivity contribution in [3.63, 3.8) is 0 Å². The third kappa shape index (κ3) is 7.85. The Balaban J connectivity index is 2.12. The smallest absolute Gasteiger partial charge is 0.416 e. The van der Waals surface area contributed by atoms with Crippen LogP contribution in [0.1, 0.15) is 54.5 Å². The predicted octanol–water partition coefficient (Wildman–Crippen LogP) is 7.09. The van der Waals surface area contributed by atoms with Gasteiger partial charge in [0.1, 0.15) is 6.61 Å². The maximum Gasteiger partial charge on any atom is 0.416 e. The second-order valence-electron chi connectivity index (χ2n) is 7.96. The van der Waals surface area contributed by atoms with E-state index < -0.39 is 41.7 Å². The van der Waals surface area contributed by atoms with Crippen LogP contribution in [0.2, 0.25) is 0 Å². The predicted molar refractivity (Wildman–Crippen MR) is 117 cm³/mol. The zero-order chi connectivity index (χ0) is 25.5. The number of hydrogen-bond donors (Lipinski definition) is 1. The standard InChI is InChI=1S/C24H28F6N2O2/c1-4-8-32(9-5-2)21-7-6-16(3)10-18(21)14-31-22(33)34-15-17-11-19(23(25,26)27)13-20(12-17)24(28,29)30/h6-7,10-13H,4-5,8-9,14-15H2,1-3H3,(H,31,33). The number of rotatable bonds is 9. The minimum absolute atomic E-state index is 0.0290. The van der Waals surface area contributed by atoms with Crippen molar-refractivity contribution in [1.82, 2.24) is 5.32 Å². The number of amides is 1. The number of aryl methyl sites for hydroxylation is 1. The minimum Gasteiger partial charge on any atom is -0.445 e. The Labute approximate surface area is 194 Å². The van der Waals surface area contributed by atoms with E-state index in [1.165, 1.54) is 0 Å². The van der Waals surface area contributed by atoms with E-state index in [0.29, 0.717) is 12.1 Å². The molecule has 0 heterocycles. The lowest BCUT2D eigenvalue weighted by atomic mass is 10.1. The third-order valence-corrected chi connectivity index (χ3v) is 5.00. The highest BCUT2D eigenvalue weighted by molar-refractivity contribution is 5.68. The summed E-state index contributed by atoms with van der Waals surface area (Å²) in [5.74, 6) is 0. The van der Waals surface area contributed by atoms with Gasteiger partial charge in [-0.15, -0.1) is 0 Å². The van der Waals surface area contributed by atoms with E-state index in [1.807, 2.05) is 25.1 Å². The Bertz CT molecular complexity index is 935. The number of hydrogen-bond acceptors (Lipinski definition) is 3. The first-order valence-electron chi connectivity index (χ1n) is 10.9. The topological polar surface area (TPSA) is 41.6 Å². The van der Waals surface area contributed by atoms with E-state index in [2.05, 4.69) is 24.1 Å². The number of benzene rings is 2. The molecule has 4 nitrogen and oxygen atoms in total. The minimum atomic E-state index is -4.97. The third-order valence-electron chi connectivity index (χ3n) is 5.00. The Morgan fingerprint density at radius 1 is 0.912 bits per heavy atom. The molecule has 1 N–H and O–H groups in total. The summed E-state index contributed by atoms with van der Waals surface area (Å²) in [6.07, 6.45) is -9.03. The van der Waals surface area contributed by atoms with Gasteiger partial charge in [0.2, 0.25) is 0 Å². The number of ether oxygens (including phenoxy) is 1. The molecule has 0 atom stereocenters. The maximum atomic E-state index is 13.0. The average Bonchev–Trinajstić information content (AvgIpc) is 2.75. The van der Waals surface area contributed by atoms with Gasteiger partial charge in [-0.05, 0) is 55.2 Å². The van der Waals surface area contributed by atoms with Gasteiger partial charge in [-0.2, -0.15) is 26.3 Å². The van der Waals surface area contributed by atoms with Crippen LogP contribution in [0.15, 0.2) is 36.4 Å². The molecule has 0 saturated carbocycles. The molecule has 2 aromatic rings. The van der Waals surface area contributed by atoms with Crippen molar-refractivity contribution in [1.29, 1.82) is 0 Å². The van der Waals surface area contributed by atoms with Crippen molar-refractivity contribution in [3.05, 3.63) is 64.2 Å². The highest BCUT2D eigenvalue weighted by atomic mass is 19.4. The summed E-state index contributed by atoms with van der Waals surface area (Å²) in [7, 11) is 0. The van der Waals surface area contributed by atoms with Crippen molar-refractivity contribution in [3.8, 4) is 0 Å². The molecule has 0 saturated heterocycles. The molecule has 0 bridgehead atoms. The molecule has 0 unspecified atom stereocenters. The molecule has 0 aromatic heterocycles. The SMILES string of the molecule is CCCN(CCC)c1ccc(C)cc1CNC(=O)OCc1cc(C(F)(F)F)cc(C(F)(F)F)c1. The number of halogens is 6. The fraction of sp³-hybridized carbons (Fsp3) is 0.458. The van der Waals surface area contributed by atoms with Crippen LogP contribution in [-0.2, 0) is 30.2 Å². The van der Waals surface area contributed by atoms with Gasteiger partial charge in [0, 0.05) is 25.3 Å². The number of anilines is 1. The number of carbonyl (C=O) groups excluding carboxylic acids is 1. The van der Waals surface area contributed by atoms with Crippen LogP contribution in [-0.4, -0.2) is 19.2 Å². The summed E-state index contributed by atoms with van der Waals surface area (Å²) in [6.45, 7) is 7.03. The second-order valence-corrected chi connectivity index (χ2v) is 7.96. The molecule has 0 aliphatic heterocycles. The van der Waals surface area contributed by atoms with Crippen LogP contribution in [0.5, 0.6) is 0 Å². The summed E-state index contributed by atoms with van der Waals surface area (Å²) in [4.78, 5) is 14.4. The average molecular weight is 490 g/mol. The van der Waals surface area contributed by atoms with Crippen molar-refractivity contribution >= 4 is 11.8 Å². The van der Waals surface area contributed by atoms with Crippen LogP contribution in [0.4, 0.5) is 36.8 Å². The molecule has 2 aromatic carbocycles. The van der Waals surface area contributed by atoms with E-state index in [9.17, 15) is 31.1 Å². The monoisotopic (exact) mass is 490 g/mol. The summed E-state index contributed by atoms with van der Waals surface area (Å²) in [5, 5.41) is 2.53. The zero-order valence-corrected chi connectivity index (χ0v) is 19.2. The Hall–Kier alpha value is -2.91. The van der Waals surface area contributed by atoms with Gasteiger partial charge in [0.25, 0.3) is 0 Å². The molecule has 34 heavy (non-hydrogen) atoms. The molecule has 1 amide bonds. The highest BCUT2D eigenvalue weighted by Crippen LogP contribution is 2.36. The summed E-state index contributed by atoms with van der Waals surface area (Å²) in [6, 6.07) is 6.94. The number of nitrogens with zero attached hydrogens (tertiary/aromatic N) is 1. The highest BCUT2D eigenvalue weighted by Gasteiger charge is 2.37. The van der Waals surface area contributed by atoms with Crippen LogP contribution in [0.3, 0.4) is 0 Å². The summed E-state index contributed by atoms with van der Waals surface area (Å²) in [5.41, 5.74) is -0.578. The fourth-order valence-corrected chi connectivity index (χ4v) is 3.53. The van der Waals surface area contributed by atoms with Gasteiger partial charge >= 0.3 is 18.4 Å². The molecule has 0 radical (unpaired) electrons. The normalized spacial score (nSPS) is 11.9. The number of alkyl carbamates (subject to hydrolysis) is 1. The van der Waals surface area contributed by atoms with Gasteiger partial charge in [-0.3, -0.25) is 0 Å². The largest absolute Gasteiger partial charge is 0.445 e. The first-order chi connectivity index (χ1) is 15.8. The van der Waals surface area contributed by atoms with Crippen molar-refractivity contribution in [2.45, 2.75) is 59.1 Å². The van der Waals surface area contributed by atoms with Crippen LogP contribution in [0.25, 0.3) is 0 Å². The van der Waals surface area contributed by atoms with Crippen LogP contribution >= 0.6 is 0 Å². The van der Waals surface area contributed by atoms with Gasteiger partial charge < -0.3 is 15.0 Å².